The fourth-order valence-electron chi connectivity index (χ4n) is 6.20. The lowest BCUT2D eigenvalue weighted by molar-refractivity contribution is -0.0782. The van der Waals surface area contributed by atoms with E-state index >= 15 is 0 Å². The Morgan fingerprint density at radius 3 is 1.88 bits per heavy atom. The lowest BCUT2D eigenvalue weighted by atomic mass is 9.48. The minimum absolute atomic E-state index is 0.902. The van der Waals surface area contributed by atoms with Crippen molar-refractivity contribution in [3.8, 4) is 0 Å². The van der Waals surface area contributed by atoms with Gasteiger partial charge >= 0.3 is 0 Å². The molecule has 5 aliphatic carbocycles. The Kier molecular flexibility index (Phi) is 2.54. The van der Waals surface area contributed by atoms with E-state index in [4.69, 9.17) is 5.73 Å². The van der Waals surface area contributed by atoms with Gasteiger partial charge in [0.2, 0.25) is 0 Å². The summed E-state index contributed by atoms with van der Waals surface area (Å²) in [5, 5.41) is 0. The van der Waals surface area contributed by atoms with E-state index in [1.54, 1.807) is 32.1 Å². The van der Waals surface area contributed by atoms with Gasteiger partial charge in [-0.25, -0.2) is 0 Å². The molecule has 5 fully saturated rings. The van der Waals surface area contributed by atoms with E-state index in [0.717, 1.165) is 48.0 Å². The van der Waals surface area contributed by atoms with Crippen LogP contribution in [-0.2, 0) is 0 Å². The van der Waals surface area contributed by atoms with E-state index in [0.29, 0.717) is 0 Å². The van der Waals surface area contributed by atoms with Crippen molar-refractivity contribution in [3.05, 3.63) is 0 Å². The third-order valence-corrected chi connectivity index (χ3v) is 6.82. The molecule has 17 heavy (non-hydrogen) atoms. The van der Waals surface area contributed by atoms with Crippen LogP contribution in [0, 0.1) is 41.4 Å². The van der Waals surface area contributed by atoms with Gasteiger partial charge < -0.3 is 5.73 Å². The van der Waals surface area contributed by atoms with Crippen molar-refractivity contribution in [3.63, 3.8) is 0 Å². The second kappa shape index (κ2) is 3.98. The summed E-state index contributed by atoms with van der Waals surface area (Å²) in [5.74, 6) is 7.36. The van der Waals surface area contributed by atoms with E-state index in [9.17, 15) is 0 Å². The van der Waals surface area contributed by atoms with Gasteiger partial charge in [0, 0.05) is 0 Å². The molecule has 96 valence electrons. The Hall–Kier alpha value is -0.0400. The monoisotopic (exact) mass is 233 g/mol. The van der Waals surface area contributed by atoms with Gasteiger partial charge in [0.25, 0.3) is 0 Å². The summed E-state index contributed by atoms with van der Waals surface area (Å²) in [6.45, 7) is 0.984. The lowest BCUT2D eigenvalue weighted by Crippen LogP contribution is -2.51. The van der Waals surface area contributed by atoms with Crippen molar-refractivity contribution in [1.82, 2.24) is 0 Å². The van der Waals surface area contributed by atoms with E-state index in [1.165, 1.54) is 19.3 Å². The molecule has 0 amide bonds. The zero-order chi connectivity index (χ0) is 11.4. The molecular formula is C16H27N. The molecule has 2 N–H and O–H groups in total. The lowest BCUT2D eigenvalue weighted by Gasteiger charge is -2.58. The van der Waals surface area contributed by atoms with Crippen LogP contribution >= 0.6 is 0 Å². The Labute approximate surface area is 106 Å². The highest BCUT2D eigenvalue weighted by Crippen LogP contribution is 2.60. The highest BCUT2D eigenvalue weighted by molar-refractivity contribution is 5.01. The molecule has 1 atom stereocenters. The zero-order valence-electron chi connectivity index (χ0n) is 11.0. The van der Waals surface area contributed by atoms with Crippen LogP contribution in [0.3, 0.4) is 0 Å². The van der Waals surface area contributed by atoms with Crippen LogP contribution in [0.15, 0.2) is 0 Å². The van der Waals surface area contributed by atoms with E-state index in [1.807, 2.05) is 0 Å². The van der Waals surface area contributed by atoms with Crippen molar-refractivity contribution < 1.29 is 0 Å². The zero-order valence-corrected chi connectivity index (χ0v) is 11.0. The maximum Gasteiger partial charge on any atom is -0.00434 e. The van der Waals surface area contributed by atoms with Gasteiger partial charge in [-0.1, -0.05) is 19.3 Å². The molecule has 1 nitrogen and oxygen atoms in total. The average Bonchev–Trinajstić information content (AvgIpc) is 2.23. The van der Waals surface area contributed by atoms with Crippen molar-refractivity contribution in [2.24, 2.45) is 47.2 Å². The molecule has 5 aliphatic rings. The third-order valence-electron chi connectivity index (χ3n) is 6.82. The van der Waals surface area contributed by atoms with Gasteiger partial charge in [-0.05, 0) is 80.1 Å². The summed E-state index contributed by atoms with van der Waals surface area (Å²) < 4.78 is 0. The van der Waals surface area contributed by atoms with Crippen molar-refractivity contribution >= 4 is 0 Å². The molecule has 0 aliphatic heterocycles. The first-order chi connectivity index (χ1) is 8.35. The molecule has 0 aromatic carbocycles. The molecule has 0 aromatic rings. The molecule has 5 rings (SSSR count). The minimum Gasteiger partial charge on any atom is -0.330 e. The van der Waals surface area contributed by atoms with Crippen LogP contribution in [0.25, 0.3) is 0 Å². The van der Waals surface area contributed by atoms with Gasteiger partial charge in [-0.15, -0.1) is 0 Å². The highest BCUT2D eigenvalue weighted by Gasteiger charge is 2.51. The topological polar surface area (TPSA) is 26.0 Å². The van der Waals surface area contributed by atoms with Crippen LogP contribution in [0.2, 0.25) is 0 Å². The number of hydrogen-bond acceptors (Lipinski definition) is 1. The molecular weight excluding hydrogens is 206 g/mol. The summed E-state index contributed by atoms with van der Waals surface area (Å²) >= 11 is 0. The average molecular weight is 233 g/mol. The standard InChI is InChI=1S/C16H27N/c17-9-15(12-2-1-3-12)16-13-5-10-4-11(7-13)8-14(16)6-10/h10-16H,1-9,17H2. The maximum absolute atomic E-state index is 6.16. The smallest absolute Gasteiger partial charge is 0.00434 e. The molecule has 0 radical (unpaired) electrons. The van der Waals surface area contributed by atoms with E-state index in [-0.39, 0.29) is 0 Å². The Morgan fingerprint density at radius 1 is 0.882 bits per heavy atom. The molecule has 0 aromatic heterocycles. The van der Waals surface area contributed by atoms with Gasteiger partial charge in [-0.2, -0.15) is 0 Å². The number of hydrogen-bond donors (Lipinski definition) is 1. The molecule has 5 saturated carbocycles. The third kappa shape index (κ3) is 1.61. The van der Waals surface area contributed by atoms with Crippen LogP contribution in [0.1, 0.15) is 51.4 Å². The predicted molar refractivity (Wildman–Crippen MR) is 70.4 cm³/mol. The summed E-state index contributed by atoms with van der Waals surface area (Å²) in [6.07, 6.45) is 12.3. The predicted octanol–water partition coefficient (Wildman–Crippen LogP) is 3.43. The Bertz CT molecular complexity index is 266. The molecule has 0 heterocycles. The minimum atomic E-state index is 0.902. The van der Waals surface area contributed by atoms with Gasteiger partial charge in [-0.3, -0.25) is 0 Å². The van der Waals surface area contributed by atoms with Gasteiger partial charge in [0.05, 0.1) is 0 Å². The molecule has 0 spiro atoms. The Balaban J connectivity index is 1.56. The van der Waals surface area contributed by atoms with Crippen molar-refractivity contribution in [1.29, 1.82) is 0 Å². The highest BCUT2D eigenvalue weighted by atomic mass is 14.6. The normalized spacial score (nSPS) is 50.3. The summed E-state index contributed by atoms with van der Waals surface area (Å²) in [4.78, 5) is 0. The SMILES string of the molecule is NCC(C1CCC1)C1C2CC3CC(C2)CC1C3. The van der Waals surface area contributed by atoms with Gasteiger partial charge in [0.15, 0.2) is 0 Å². The largest absolute Gasteiger partial charge is 0.330 e. The summed E-state index contributed by atoms with van der Waals surface area (Å²) in [6, 6.07) is 0. The van der Waals surface area contributed by atoms with Crippen LogP contribution in [0.4, 0.5) is 0 Å². The van der Waals surface area contributed by atoms with Crippen molar-refractivity contribution in [2.45, 2.75) is 51.4 Å². The van der Waals surface area contributed by atoms with Gasteiger partial charge in [0.1, 0.15) is 0 Å². The maximum atomic E-state index is 6.16. The first-order valence-electron chi connectivity index (χ1n) is 8.05. The molecule has 4 bridgehead atoms. The summed E-state index contributed by atoms with van der Waals surface area (Å²) in [7, 11) is 0. The molecule has 1 unspecified atom stereocenters. The van der Waals surface area contributed by atoms with Crippen molar-refractivity contribution in [2.75, 3.05) is 6.54 Å². The fourth-order valence-corrected chi connectivity index (χ4v) is 6.20. The second-order valence-corrected chi connectivity index (χ2v) is 7.60. The van der Waals surface area contributed by atoms with Crippen LogP contribution in [-0.4, -0.2) is 6.54 Å². The fraction of sp³-hybridized carbons (Fsp3) is 1.00. The quantitative estimate of drug-likeness (QED) is 0.794. The first kappa shape index (κ1) is 10.8. The first-order valence-corrected chi connectivity index (χ1v) is 8.05. The van der Waals surface area contributed by atoms with Crippen LogP contribution < -0.4 is 5.73 Å². The molecule has 0 saturated heterocycles. The van der Waals surface area contributed by atoms with E-state index < -0.39 is 0 Å². The summed E-state index contributed by atoms with van der Waals surface area (Å²) in [5.41, 5.74) is 6.16. The number of nitrogens with two attached hydrogens (primary N) is 1. The second-order valence-electron chi connectivity index (χ2n) is 7.60. The Morgan fingerprint density at radius 2 is 1.47 bits per heavy atom. The van der Waals surface area contributed by atoms with Crippen LogP contribution in [0.5, 0.6) is 0 Å². The number of rotatable bonds is 3. The molecule has 1 heteroatoms. The van der Waals surface area contributed by atoms with E-state index in [2.05, 4.69) is 0 Å².